The van der Waals surface area contributed by atoms with Crippen LogP contribution in [-0.2, 0) is 6.54 Å². The van der Waals surface area contributed by atoms with Crippen molar-refractivity contribution >= 4 is 11.8 Å². The molecule has 0 amide bonds. The molecule has 100 valence electrons. The molecule has 1 aromatic carbocycles. The van der Waals surface area contributed by atoms with E-state index in [1.54, 1.807) is 7.11 Å². The van der Waals surface area contributed by atoms with E-state index in [0.29, 0.717) is 0 Å². The number of nitrogens with zero attached hydrogens (tertiary/aromatic N) is 1. The molecule has 2 rings (SSSR count). The second-order valence-corrected chi connectivity index (χ2v) is 5.19. The lowest BCUT2D eigenvalue weighted by molar-refractivity contribution is 0.414. The molecule has 0 aliphatic rings. The lowest BCUT2D eigenvalue weighted by atomic mass is 10.3. The molecule has 0 saturated carbocycles. The number of hydrogen-bond acceptors (Lipinski definition) is 4. The lowest BCUT2D eigenvalue weighted by Gasteiger charge is -2.05. The van der Waals surface area contributed by atoms with Gasteiger partial charge in [-0.15, -0.1) is 11.8 Å². The van der Waals surface area contributed by atoms with Crippen LogP contribution in [0.4, 0.5) is 0 Å². The molecule has 1 N–H and O–H groups in total. The molecule has 19 heavy (non-hydrogen) atoms. The van der Waals surface area contributed by atoms with Crippen LogP contribution in [0.15, 0.2) is 53.6 Å². The van der Waals surface area contributed by atoms with Gasteiger partial charge in [-0.3, -0.25) is 4.98 Å². The molecule has 0 spiro atoms. The Morgan fingerprint density at radius 2 is 2.00 bits per heavy atom. The molecule has 0 aliphatic carbocycles. The molecule has 0 aliphatic heterocycles. The number of pyridine rings is 1. The summed E-state index contributed by atoms with van der Waals surface area (Å²) in [6, 6.07) is 14.1. The standard InChI is InChI=1S/C15H18N2OS/c1-18-14-5-7-15(8-6-14)19-11-10-16-12-13-4-2-3-9-17-13/h2-9,16H,10-12H2,1H3. The van der Waals surface area contributed by atoms with Gasteiger partial charge in [0.1, 0.15) is 5.75 Å². The van der Waals surface area contributed by atoms with Gasteiger partial charge >= 0.3 is 0 Å². The molecule has 0 bridgehead atoms. The number of methoxy groups -OCH3 is 1. The van der Waals surface area contributed by atoms with Crippen LogP contribution in [0.25, 0.3) is 0 Å². The van der Waals surface area contributed by atoms with Crippen molar-refractivity contribution in [3.05, 3.63) is 54.4 Å². The maximum atomic E-state index is 5.13. The first-order valence-electron chi connectivity index (χ1n) is 6.26. The summed E-state index contributed by atoms with van der Waals surface area (Å²) >= 11 is 1.84. The van der Waals surface area contributed by atoms with E-state index in [-0.39, 0.29) is 0 Å². The number of hydrogen-bond donors (Lipinski definition) is 1. The Labute approximate surface area is 118 Å². The molecule has 0 unspecified atom stereocenters. The first kappa shape index (κ1) is 13.9. The molecule has 0 atom stereocenters. The van der Waals surface area contributed by atoms with E-state index >= 15 is 0 Å². The highest BCUT2D eigenvalue weighted by molar-refractivity contribution is 7.99. The van der Waals surface area contributed by atoms with Gasteiger partial charge in [0.05, 0.1) is 12.8 Å². The first-order valence-corrected chi connectivity index (χ1v) is 7.24. The molecular weight excluding hydrogens is 256 g/mol. The Hall–Kier alpha value is -1.52. The highest BCUT2D eigenvalue weighted by atomic mass is 32.2. The molecular formula is C15H18N2OS. The summed E-state index contributed by atoms with van der Waals surface area (Å²) in [7, 11) is 1.68. The van der Waals surface area contributed by atoms with Gasteiger partial charge in [0.2, 0.25) is 0 Å². The van der Waals surface area contributed by atoms with Crippen molar-refractivity contribution in [3.8, 4) is 5.75 Å². The van der Waals surface area contributed by atoms with Gasteiger partial charge in [-0.05, 0) is 36.4 Å². The molecule has 0 saturated heterocycles. The third kappa shape index (κ3) is 4.93. The quantitative estimate of drug-likeness (QED) is 0.622. The minimum atomic E-state index is 0.823. The normalized spacial score (nSPS) is 10.4. The molecule has 4 heteroatoms. The largest absolute Gasteiger partial charge is 0.497 e. The second kappa shape index (κ2) is 7.81. The van der Waals surface area contributed by atoms with Gasteiger partial charge in [-0.1, -0.05) is 6.07 Å². The van der Waals surface area contributed by atoms with E-state index in [0.717, 1.165) is 30.3 Å². The van der Waals surface area contributed by atoms with Crippen molar-refractivity contribution in [1.82, 2.24) is 10.3 Å². The van der Waals surface area contributed by atoms with Gasteiger partial charge < -0.3 is 10.1 Å². The smallest absolute Gasteiger partial charge is 0.118 e. The van der Waals surface area contributed by atoms with Gasteiger partial charge in [0.25, 0.3) is 0 Å². The molecule has 1 heterocycles. The summed E-state index contributed by atoms with van der Waals surface area (Å²) in [5, 5.41) is 3.39. The lowest BCUT2D eigenvalue weighted by Crippen LogP contribution is -2.17. The van der Waals surface area contributed by atoms with Crippen molar-refractivity contribution < 1.29 is 4.74 Å². The number of thioether (sulfide) groups is 1. The number of rotatable bonds is 7. The third-order valence-electron chi connectivity index (χ3n) is 2.64. The zero-order valence-electron chi connectivity index (χ0n) is 11.0. The van der Waals surface area contributed by atoms with Gasteiger partial charge in [-0.25, -0.2) is 0 Å². The monoisotopic (exact) mass is 274 g/mol. The predicted octanol–water partition coefficient (Wildman–Crippen LogP) is 2.97. The van der Waals surface area contributed by atoms with Crippen LogP contribution < -0.4 is 10.1 Å². The summed E-state index contributed by atoms with van der Waals surface area (Å²) in [6.45, 7) is 1.79. The van der Waals surface area contributed by atoms with Gasteiger partial charge in [-0.2, -0.15) is 0 Å². The number of benzene rings is 1. The Balaban J connectivity index is 1.63. The van der Waals surface area contributed by atoms with Crippen LogP contribution in [0, 0.1) is 0 Å². The van der Waals surface area contributed by atoms with E-state index in [1.165, 1.54) is 4.90 Å². The Morgan fingerprint density at radius 3 is 2.68 bits per heavy atom. The van der Waals surface area contributed by atoms with Crippen molar-refractivity contribution in [3.63, 3.8) is 0 Å². The maximum absolute atomic E-state index is 5.13. The minimum Gasteiger partial charge on any atom is -0.497 e. The van der Waals surface area contributed by atoms with E-state index in [2.05, 4.69) is 22.4 Å². The van der Waals surface area contributed by atoms with E-state index in [4.69, 9.17) is 4.74 Å². The molecule has 2 aromatic rings. The van der Waals surface area contributed by atoms with Crippen LogP contribution >= 0.6 is 11.8 Å². The summed E-state index contributed by atoms with van der Waals surface area (Å²) in [4.78, 5) is 5.53. The first-order chi connectivity index (χ1) is 9.38. The maximum Gasteiger partial charge on any atom is 0.118 e. The highest BCUT2D eigenvalue weighted by Gasteiger charge is 1.96. The average Bonchev–Trinajstić information content (AvgIpc) is 2.49. The van der Waals surface area contributed by atoms with Gasteiger partial charge in [0, 0.05) is 29.9 Å². The van der Waals surface area contributed by atoms with Crippen molar-refractivity contribution in [2.24, 2.45) is 0 Å². The van der Waals surface area contributed by atoms with Crippen LogP contribution in [0.5, 0.6) is 5.75 Å². The average molecular weight is 274 g/mol. The molecule has 3 nitrogen and oxygen atoms in total. The van der Waals surface area contributed by atoms with E-state index in [9.17, 15) is 0 Å². The second-order valence-electron chi connectivity index (χ2n) is 4.02. The Morgan fingerprint density at radius 1 is 1.16 bits per heavy atom. The number of aromatic nitrogens is 1. The summed E-state index contributed by atoms with van der Waals surface area (Å²) in [5.74, 6) is 1.94. The third-order valence-corrected chi connectivity index (χ3v) is 3.65. The number of ether oxygens (including phenoxy) is 1. The van der Waals surface area contributed by atoms with E-state index in [1.807, 2.05) is 48.3 Å². The summed E-state index contributed by atoms with van der Waals surface area (Å²) < 4.78 is 5.13. The topological polar surface area (TPSA) is 34.1 Å². The fourth-order valence-corrected chi connectivity index (χ4v) is 2.44. The van der Waals surface area contributed by atoms with Crippen molar-refractivity contribution in [1.29, 1.82) is 0 Å². The minimum absolute atomic E-state index is 0.823. The zero-order chi connectivity index (χ0) is 13.3. The molecule has 1 aromatic heterocycles. The van der Waals surface area contributed by atoms with Gasteiger partial charge in [0.15, 0.2) is 0 Å². The fraction of sp³-hybridized carbons (Fsp3) is 0.267. The van der Waals surface area contributed by atoms with Crippen molar-refractivity contribution in [2.75, 3.05) is 19.4 Å². The van der Waals surface area contributed by atoms with Crippen LogP contribution in [-0.4, -0.2) is 24.4 Å². The fourth-order valence-electron chi connectivity index (χ4n) is 1.63. The van der Waals surface area contributed by atoms with Crippen molar-refractivity contribution in [2.45, 2.75) is 11.4 Å². The molecule has 0 fully saturated rings. The Kier molecular flexibility index (Phi) is 5.72. The highest BCUT2D eigenvalue weighted by Crippen LogP contribution is 2.20. The summed E-state index contributed by atoms with van der Waals surface area (Å²) in [6.07, 6.45) is 1.82. The Bertz CT molecular complexity index is 473. The van der Waals surface area contributed by atoms with Crippen LogP contribution in [0.1, 0.15) is 5.69 Å². The SMILES string of the molecule is COc1ccc(SCCNCc2ccccn2)cc1. The van der Waals surface area contributed by atoms with Crippen LogP contribution in [0.2, 0.25) is 0 Å². The predicted molar refractivity (Wildman–Crippen MR) is 79.7 cm³/mol. The summed E-state index contributed by atoms with van der Waals surface area (Å²) in [5.41, 5.74) is 1.08. The zero-order valence-corrected chi connectivity index (χ0v) is 11.8. The van der Waals surface area contributed by atoms with Crippen LogP contribution in [0.3, 0.4) is 0 Å². The van der Waals surface area contributed by atoms with E-state index < -0.39 is 0 Å². The molecule has 0 radical (unpaired) electrons. The number of nitrogens with one attached hydrogen (secondary N) is 1.